The van der Waals surface area contributed by atoms with Gasteiger partial charge in [-0.2, -0.15) is 0 Å². The highest BCUT2D eigenvalue weighted by Crippen LogP contribution is 2.22. The number of ether oxygens (including phenoxy) is 1. The number of aromatic nitrogens is 2. The Morgan fingerprint density at radius 2 is 2.38 bits per heavy atom. The van der Waals surface area contributed by atoms with E-state index in [4.69, 9.17) is 4.74 Å². The molecule has 0 spiro atoms. The van der Waals surface area contributed by atoms with Crippen LogP contribution in [0.2, 0.25) is 0 Å². The van der Waals surface area contributed by atoms with Crippen molar-refractivity contribution in [2.75, 3.05) is 6.61 Å². The van der Waals surface area contributed by atoms with Crippen LogP contribution < -0.4 is 4.74 Å². The molecule has 0 fully saturated rings. The molecule has 3 nitrogen and oxygen atoms in total. The number of nitrogens with zero attached hydrogens (tertiary/aromatic N) is 1. The number of hydrogen-bond donors (Lipinski definition) is 1. The SMILES string of the molecule is CCOc1n[nH]c2ccc(F)cc12. The average molecular weight is 180 g/mol. The molecular weight excluding hydrogens is 171 g/mol. The van der Waals surface area contributed by atoms with Crippen molar-refractivity contribution in [1.29, 1.82) is 0 Å². The van der Waals surface area contributed by atoms with E-state index >= 15 is 0 Å². The second kappa shape index (κ2) is 3.05. The Morgan fingerprint density at radius 1 is 1.54 bits per heavy atom. The first kappa shape index (κ1) is 8.04. The van der Waals surface area contributed by atoms with Crippen molar-refractivity contribution in [3.8, 4) is 5.88 Å². The molecule has 68 valence electrons. The summed E-state index contributed by atoms with van der Waals surface area (Å²) >= 11 is 0. The van der Waals surface area contributed by atoms with Crippen molar-refractivity contribution in [2.45, 2.75) is 6.92 Å². The van der Waals surface area contributed by atoms with E-state index in [1.54, 1.807) is 6.07 Å². The standard InChI is InChI=1S/C9H9FN2O/c1-2-13-9-7-5-6(10)3-4-8(7)11-12-9/h3-5H,2H2,1H3,(H,11,12). The maximum atomic E-state index is 12.8. The van der Waals surface area contributed by atoms with Gasteiger partial charge in [-0.1, -0.05) is 0 Å². The van der Waals surface area contributed by atoms with Crippen LogP contribution in [-0.2, 0) is 0 Å². The molecular formula is C9H9FN2O. The number of rotatable bonds is 2. The summed E-state index contributed by atoms with van der Waals surface area (Å²) in [5, 5.41) is 7.35. The van der Waals surface area contributed by atoms with Crippen LogP contribution in [0.15, 0.2) is 18.2 Å². The van der Waals surface area contributed by atoms with Gasteiger partial charge in [-0.15, -0.1) is 5.10 Å². The summed E-state index contributed by atoms with van der Waals surface area (Å²) in [6.07, 6.45) is 0. The Kier molecular flexibility index (Phi) is 1.88. The third-order valence-electron chi connectivity index (χ3n) is 1.77. The van der Waals surface area contributed by atoms with Gasteiger partial charge in [-0.25, -0.2) is 4.39 Å². The number of H-pyrrole nitrogens is 1. The number of aromatic amines is 1. The first-order chi connectivity index (χ1) is 6.31. The van der Waals surface area contributed by atoms with E-state index in [0.29, 0.717) is 17.9 Å². The van der Waals surface area contributed by atoms with Gasteiger partial charge in [0.1, 0.15) is 5.82 Å². The van der Waals surface area contributed by atoms with Crippen molar-refractivity contribution in [2.24, 2.45) is 0 Å². The zero-order valence-corrected chi connectivity index (χ0v) is 7.17. The van der Waals surface area contributed by atoms with E-state index in [1.807, 2.05) is 6.92 Å². The Bertz CT molecular complexity index is 424. The fraction of sp³-hybridized carbons (Fsp3) is 0.222. The maximum absolute atomic E-state index is 12.8. The fourth-order valence-corrected chi connectivity index (χ4v) is 1.21. The number of benzene rings is 1. The van der Waals surface area contributed by atoms with Gasteiger partial charge in [-0.05, 0) is 25.1 Å². The predicted octanol–water partition coefficient (Wildman–Crippen LogP) is 2.10. The Morgan fingerprint density at radius 3 is 3.15 bits per heavy atom. The maximum Gasteiger partial charge on any atom is 0.240 e. The van der Waals surface area contributed by atoms with E-state index in [0.717, 1.165) is 5.52 Å². The van der Waals surface area contributed by atoms with E-state index in [-0.39, 0.29) is 5.82 Å². The van der Waals surface area contributed by atoms with Gasteiger partial charge in [0.15, 0.2) is 0 Å². The normalized spacial score (nSPS) is 10.6. The van der Waals surface area contributed by atoms with Crippen molar-refractivity contribution in [3.63, 3.8) is 0 Å². The first-order valence-corrected chi connectivity index (χ1v) is 4.07. The molecule has 1 N–H and O–H groups in total. The molecule has 0 aliphatic rings. The summed E-state index contributed by atoms with van der Waals surface area (Å²) in [5.74, 6) is 0.173. The molecule has 0 radical (unpaired) electrons. The molecule has 0 saturated heterocycles. The highest BCUT2D eigenvalue weighted by molar-refractivity contribution is 5.83. The molecule has 1 aromatic carbocycles. The fourth-order valence-electron chi connectivity index (χ4n) is 1.21. The summed E-state index contributed by atoms with van der Waals surface area (Å²) in [6, 6.07) is 4.43. The molecule has 2 aromatic rings. The van der Waals surface area contributed by atoms with Crippen molar-refractivity contribution in [1.82, 2.24) is 10.2 Å². The first-order valence-electron chi connectivity index (χ1n) is 4.07. The number of nitrogens with one attached hydrogen (secondary N) is 1. The monoisotopic (exact) mass is 180 g/mol. The summed E-state index contributed by atoms with van der Waals surface area (Å²) in [5.41, 5.74) is 0.782. The predicted molar refractivity (Wildman–Crippen MR) is 47.2 cm³/mol. The van der Waals surface area contributed by atoms with Crippen molar-refractivity contribution >= 4 is 10.9 Å². The molecule has 0 amide bonds. The molecule has 0 saturated carbocycles. The molecule has 1 aromatic heterocycles. The molecule has 13 heavy (non-hydrogen) atoms. The van der Waals surface area contributed by atoms with Gasteiger partial charge < -0.3 is 4.74 Å². The molecule has 2 rings (SSSR count). The summed E-state index contributed by atoms with van der Waals surface area (Å²) in [4.78, 5) is 0. The lowest BCUT2D eigenvalue weighted by Gasteiger charge is -1.96. The summed E-state index contributed by atoms with van der Waals surface area (Å²) in [7, 11) is 0. The minimum Gasteiger partial charge on any atom is -0.476 e. The minimum atomic E-state index is -0.283. The van der Waals surface area contributed by atoms with Gasteiger partial charge in [0.2, 0.25) is 5.88 Å². The number of fused-ring (bicyclic) bond motifs is 1. The minimum absolute atomic E-state index is 0.283. The van der Waals surface area contributed by atoms with Crippen LogP contribution in [0, 0.1) is 5.82 Å². The number of hydrogen-bond acceptors (Lipinski definition) is 2. The molecule has 0 bridgehead atoms. The zero-order valence-electron chi connectivity index (χ0n) is 7.17. The lowest BCUT2D eigenvalue weighted by molar-refractivity contribution is 0.330. The molecule has 1 heterocycles. The molecule has 4 heteroatoms. The highest BCUT2D eigenvalue weighted by atomic mass is 19.1. The summed E-state index contributed by atoms with van der Waals surface area (Å²) in [6.45, 7) is 2.39. The number of halogens is 1. The van der Waals surface area contributed by atoms with E-state index in [9.17, 15) is 4.39 Å². The lowest BCUT2D eigenvalue weighted by atomic mass is 10.2. The smallest absolute Gasteiger partial charge is 0.240 e. The Balaban J connectivity index is 2.58. The van der Waals surface area contributed by atoms with Gasteiger partial charge in [-0.3, -0.25) is 5.10 Å². The molecule has 0 aliphatic heterocycles. The molecule has 0 atom stereocenters. The van der Waals surface area contributed by atoms with Gasteiger partial charge in [0.05, 0.1) is 17.5 Å². The third-order valence-corrected chi connectivity index (χ3v) is 1.77. The zero-order chi connectivity index (χ0) is 9.26. The van der Waals surface area contributed by atoms with Gasteiger partial charge in [0.25, 0.3) is 0 Å². The van der Waals surface area contributed by atoms with E-state index in [2.05, 4.69) is 10.2 Å². The quantitative estimate of drug-likeness (QED) is 0.768. The van der Waals surface area contributed by atoms with Crippen LogP contribution in [0.5, 0.6) is 5.88 Å². The van der Waals surface area contributed by atoms with Crippen LogP contribution in [0.3, 0.4) is 0 Å². The molecule has 0 unspecified atom stereocenters. The van der Waals surface area contributed by atoms with Crippen LogP contribution in [0.25, 0.3) is 10.9 Å². The average Bonchev–Trinajstić information content (AvgIpc) is 2.49. The molecule has 0 aliphatic carbocycles. The largest absolute Gasteiger partial charge is 0.476 e. The highest BCUT2D eigenvalue weighted by Gasteiger charge is 2.06. The Hall–Kier alpha value is -1.58. The third kappa shape index (κ3) is 1.35. The summed E-state index contributed by atoms with van der Waals surface area (Å²) < 4.78 is 18.0. The van der Waals surface area contributed by atoms with Crippen LogP contribution in [0.1, 0.15) is 6.92 Å². The second-order valence-corrected chi connectivity index (χ2v) is 2.65. The lowest BCUT2D eigenvalue weighted by Crippen LogP contribution is -1.91. The topological polar surface area (TPSA) is 37.9 Å². The Labute approximate surface area is 74.5 Å². The van der Waals surface area contributed by atoms with E-state index in [1.165, 1.54) is 12.1 Å². The van der Waals surface area contributed by atoms with Gasteiger partial charge in [0, 0.05) is 0 Å². The van der Waals surface area contributed by atoms with E-state index < -0.39 is 0 Å². The second-order valence-electron chi connectivity index (χ2n) is 2.65. The van der Waals surface area contributed by atoms with Crippen LogP contribution in [-0.4, -0.2) is 16.8 Å². The van der Waals surface area contributed by atoms with Crippen molar-refractivity contribution in [3.05, 3.63) is 24.0 Å². The van der Waals surface area contributed by atoms with Crippen LogP contribution >= 0.6 is 0 Å². The van der Waals surface area contributed by atoms with Crippen molar-refractivity contribution < 1.29 is 9.13 Å². The van der Waals surface area contributed by atoms with Gasteiger partial charge >= 0.3 is 0 Å². The van der Waals surface area contributed by atoms with Crippen LogP contribution in [0.4, 0.5) is 4.39 Å².